The quantitative estimate of drug-likeness (QED) is 0.530. The molecule has 5 nitrogen and oxygen atoms in total. The Bertz CT molecular complexity index is 960. The van der Waals surface area contributed by atoms with Crippen molar-refractivity contribution >= 4 is 12.0 Å². The lowest BCUT2D eigenvalue weighted by Crippen LogP contribution is -2.20. The summed E-state index contributed by atoms with van der Waals surface area (Å²) >= 11 is 0. The number of carbonyl (C=O) groups is 1. The lowest BCUT2D eigenvalue weighted by atomic mass is 10.1. The van der Waals surface area contributed by atoms with Crippen molar-refractivity contribution in [1.82, 2.24) is 5.32 Å². The first-order chi connectivity index (χ1) is 14.7. The number of amides is 1. The third kappa shape index (κ3) is 5.88. The fourth-order valence-corrected chi connectivity index (χ4v) is 2.88. The minimum atomic E-state index is -0.179. The second-order valence-electron chi connectivity index (χ2n) is 6.57. The van der Waals surface area contributed by atoms with E-state index in [2.05, 4.69) is 5.32 Å². The molecular weight excluding hydrogens is 378 g/mol. The Morgan fingerprint density at radius 2 is 1.43 bits per heavy atom. The maximum absolute atomic E-state index is 12.1. The fourth-order valence-electron chi connectivity index (χ4n) is 2.88. The van der Waals surface area contributed by atoms with E-state index in [4.69, 9.17) is 14.2 Å². The van der Waals surface area contributed by atoms with Crippen molar-refractivity contribution < 1.29 is 19.0 Å². The number of hydrogen-bond donors (Lipinski definition) is 1. The Kier molecular flexibility index (Phi) is 7.50. The van der Waals surface area contributed by atoms with E-state index in [9.17, 15) is 4.79 Å². The van der Waals surface area contributed by atoms with Gasteiger partial charge in [-0.25, -0.2) is 0 Å². The molecule has 0 heterocycles. The predicted octanol–water partition coefficient (Wildman–Crippen LogP) is 4.61. The van der Waals surface area contributed by atoms with E-state index < -0.39 is 0 Å². The molecule has 5 heteroatoms. The van der Waals surface area contributed by atoms with Crippen molar-refractivity contribution in [1.29, 1.82) is 0 Å². The van der Waals surface area contributed by atoms with E-state index in [0.717, 1.165) is 16.7 Å². The molecule has 1 N–H and O–H groups in total. The van der Waals surface area contributed by atoms with Crippen LogP contribution in [0.2, 0.25) is 0 Å². The molecule has 0 atom stereocenters. The van der Waals surface area contributed by atoms with Crippen LogP contribution in [0.1, 0.15) is 16.7 Å². The van der Waals surface area contributed by atoms with Gasteiger partial charge in [0.2, 0.25) is 11.7 Å². The topological polar surface area (TPSA) is 56.8 Å². The van der Waals surface area contributed by atoms with E-state index in [1.807, 2.05) is 72.8 Å². The van der Waals surface area contributed by atoms with Crippen LogP contribution in [0.25, 0.3) is 6.08 Å². The van der Waals surface area contributed by atoms with Crippen molar-refractivity contribution in [2.75, 3.05) is 14.2 Å². The first kappa shape index (κ1) is 21.0. The molecule has 0 aromatic heterocycles. The highest BCUT2D eigenvalue weighted by Crippen LogP contribution is 2.39. The highest BCUT2D eigenvalue weighted by Gasteiger charge is 2.14. The van der Waals surface area contributed by atoms with Crippen LogP contribution in [-0.4, -0.2) is 20.1 Å². The number of carbonyl (C=O) groups excluding carboxylic acids is 1. The van der Waals surface area contributed by atoms with Crippen molar-refractivity contribution in [3.63, 3.8) is 0 Å². The van der Waals surface area contributed by atoms with E-state index >= 15 is 0 Å². The number of benzene rings is 3. The molecule has 0 radical (unpaired) electrons. The molecule has 3 aromatic carbocycles. The summed E-state index contributed by atoms with van der Waals surface area (Å²) in [6.45, 7) is 0.869. The summed E-state index contributed by atoms with van der Waals surface area (Å²) in [5, 5.41) is 2.86. The van der Waals surface area contributed by atoms with Crippen LogP contribution >= 0.6 is 0 Å². The van der Waals surface area contributed by atoms with Gasteiger partial charge in [-0.15, -0.1) is 0 Å². The van der Waals surface area contributed by atoms with Gasteiger partial charge in [-0.2, -0.15) is 0 Å². The lowest BCUT2D eigenvalue weighted by molar-refractivity contribution is -0.116. The molecule has 0 saturated heterocycles. The van der Waals surface area contributed by atoms with Crippen molar-refractivity contribution in [3.8, 4) is 17.2 Å². The summed E-state index contributed by atoms with van der Waals surface area (Å²) in [7, 11) is 3.15. The molecule has 0 fully saturated rings. The van der Waals surface area contributed by atoms with Gasteiger partial charge in [0.25, 0.3) is 0 Å². The van der Waals surface area contributed by atoms with E-state index in [1.54, 1.807) is 20.3 Å². The average Bonchev–Trinajstić information content (AvgIpc) is 2.81. The van der Waals surface area contributed by atoms with Gasteiger partial charge in [0.15, 0.2) is 11.5 Å². The highest BCUT2D eigenvalue weighted by atomic mass is 16.5. The zero-order valence-electron chi connectivity index (χ0n) is 17.1. The molecular formula is C25H25NO4. The number of methoxy groups -OCH3 is 2. The van der Waals surface area contributed by atoms with Gasteiger partial charge in [0.05, 0.1) is 14.2 Å². The molecule has 154 valence electrons. The zero-order valence-corrected chi connectivity index (χ0v) is 17.1. The summed E-state index contributed by atoms with van der Waals surface area (Å²) in [4.78, 5) is 12.1. The van der Waals surface area contributed by atoms with Gasteiger partial charge in [-0.05, 0) is 34.9 Å². The standard InChI is InChI=1S/C25H25NO4/c1-28-22-15-21(13-14-24(27)26-17-19-9-5-3-6-10-19)16-23(29-2)25(22)30-18-20-11-7-4-8-12-20/h3-16H,17-18H2,1-2H3,(H,26,27). The minimum absolute atomic E-state index is 0.179. The SMILES string of the molecule is COc1cc(C=CC(=O)NCc2ccccc2)cc(OC)c1OCc1ccccc1. The summed E-state index contributed by atoms with van der Waals surface area (Å²) < 4.78 is 16.9. The molecule has 30 heavy (non-hydrogen) atoms. The smallest absolute Gasteiger partial charge is 0.244 e. The number of nitrogens with one attached hydrogen (secondary N) is 1. The van der Waals surface area contributed by atoms with Gasteiger partial charge < -0.3 is 19.5 Å². The van der Waals surface area contributed by atoms with E-state index in [1.165, 1.54) is 6.08 Å². The fraction of sp³-hybridized carbons (Fsp3) is 0.160. The Labute approximate surface area is 176 Å². The highest BCUT2D eigenvalue weighted by molar-refractivity contribution is 5.91. The van der Waals surface area contributed by atoms with Crippen LogP contribution in [0, 0.1) is 0 Å². The Morgan fingerprint density at radius 1 is 0.867 bits per heavy atom. The van der Waals surface area contributed by atoms with Gasteiger partial charge >= 0.3 is 0 Å². The van der Waals surface area contributed by atoms with Crippen LogP contribution in [-0.2, 0) is 17.9 Å². The summed E-state index contributed by atoms with van der Waals surface area (Å²) in [6.07, 6.45) is 3.20. The average molecular weight is 403 g/mol. The van der Waals surface area contributed by atoms with Crippen LogP contribution in [0.4, 0.5) is 0 Å². The first-order valence-electron chi connectivity index (χ1n) is 9.62. The molecule has 3 rings (SSSR count). The Hall–Kier alpha value is -3.73. The van der Waals surface area contributed by atoms with Crippen LogP contribution in [0.5, 0.6) is 17.2 Å². The van der Waals surface area contributed by atoms with Crippen molar-refractivity contribution in [2.45, 2.75) is 13.2 Å². The second kappa shape index (κ2) is 10.7. The predicted molar refractivity (Wildman–Crippen MR) is 118 cm³/mol. The Morgan fingerprint density at radius 3 is 2.00 bits per heavy atom. The van der Waals surface area contributed by atoms with E-state index in [-0.39, 0.29) is 5.91 Å². The van der Waals surface area contributed by atoms with Crippen molar-refractivity contribution in [2.24, 2.45) is 0 Å². The third-order valence-electron chi connectivity index (χ3n) is 4.45. The number of hydrogen-bond acceptors (Lipinski definition) is 4. The molecule has 0 aliphatic rings. The monoisotopic (exact) mass is 403 g/mol. The van der Waals surface area contributed by atoms with Crippen LogP contribution in [0.15, 0.2) is 78.9 Å². The second-order valence-corrected chi connectivity index (χ2v) is 6.57. The third-order valence-corrected chi connectivity index (χ3v) is 4.45. The first-order valence-corrected chi connectivity index (χ1v) is 9.62. The van der Waals surface area contributed by atoms with Gasteiger partial charge in [0, 0.05) is 12.6 Å². The molecule has 0 aliphatic carbocycles. The van der Waals surface area contributed by atoms with Crippen molar-refractivity contribution in [3.05, 3.63) is 95.6 Å². The van der Waals surface area contributed by atoms with E-state index in [0.29, 0.717) is 30.4 Å². The minimum Gasteiger partial charge on any atom is -0.493 e. The molecule has 0 bridgehead atoms. The van der Waals surface area contributed by atoms with Gasteiger partial charge in [0.1, 0.15) is 6.61 Å². The van der Waals surface area contributed by atoms with Gasteiger partial charge in [-0.3, -0.25) is 4.79 Å². The molecule has 1 amide bonds. The van der Waals surface area contributed by atoms with Crippen LogP contribution < -0.4 is 19.5 Å². The largest absolute Gasteiger partial charge is 0.493 e. The van der Waals surface area contributed by atoms with Crippen LogP contribution in [0.3, 0.4) is 0 Å². The number of ether oxygens (including phenoxy) is 3. The molecule has 0 aliphatic heterocycles. The summed E-state index contributed by atoms with van der Waals surface area (Å²) in [5.41, 5.74) is 2.86. The molecule has 3 aromatic rings. The Balaban J connectivity index is 1.69. The lowest BCUT2D eigenvalue weighted by Gasteiger charge is -2.15. The summed E-state index contributed by atoms with van der Waals surface area (Å²) in [5.74, 6) is 1.42. The molecule has 0 spiro atoms. The maximum atomic E-state index is 12.1. The zero-order chi connectivity index (χ0) is 21.2. The van der Waals surface area contributed by atoms with Gasteiger partial charge in [-0.1, -0.05) is 60.7 Å². The maximum Gasteiger partial charge on any atom is 0.244 e. The summed E-state index contributed by atoms with van der Waals surface area (Å²) in [6, 6.07) is 23.2. The molecule has 0 saturated carbocycles. The number of rotatable bonds is 9. The normalized spacial score (nSPS) is 10.6. The molecule has 0 unspecified atom stereocenters.